The number of rotatable bonds is 3. The lowest BCUT2D eigenvalue weighted by atomic mass is 9.55. The maximum absolute atomic E-state index is 6.44. The van der Waals surface area contributed by atoms with E-state index in [0.717, 1.165) is 6.42 Å². The van der Waals surface area contributed by atoms with Crippen LogP contribution in [0.5, 0.6) is 0 Å². The molecule has 0 amide bonds. The standard InChI is InChI=1S/C18H21N/c1-2-15-16(13-9-5-3-6-10-13)17(18(15)19)14-11-7-4-8-12-14/h3-12,15-18H,2,19H2,1H3. The highest BCUT2D eigenvalue weighted by Crippen LogP contribution is 2.53. The van der Waals surface area contributed by atoms with Crippen LogP contribution >= 0.6 is 0 Å². The predicted octanol–water partition coefficient (Wildman–Crippen LogP) is 3.92. The monoisotopic (exact) mass is 251 g/mol. The third kappa shape index (κ3) is 2.08. The van der Waals surface area contributed by atoms with Gasteiger partial charge in [-0.25, -0.2) is 0 Å². The minimum atomic E-state index is 0.289. The molecule has 0 spiro atoms. The summed E-state index contributed by atoms with van der Waals surface area (Å²) in [4.78, 5) is 0. The minimum Gasteiger partial charge on any atom is -0.327 e. The lowest BCUT2D eigenvalue weighted by Crippen LogP contribution is -2.52. The third-order valence-corrected chi connectivity index (χ3v) is 4.60. The van der Waals surface area contributed by atoms with E-state index in [1.165, 1.54) is 11.1 Å². The Morgan fingerprint density at radius 3 is 1.74 bits per heavy atom. The van der Waals surface area contributed by atoms with Gasteiger partial charge in [-0.15, -0.1) is 0 Å². The summed E-state index contributed by atoms with van der Waals surface area (Å²) >= 11 is 0. The fraction of sp³-hybridized carbons (Fsp3) is 0.333. The third-order valence-electron chi connectivity index (χ3n) is 4.60. The fourth-order valence-electron chi connectivity index (χ4n) is 3.63. The van der Waals surface area contributed by atoms with E-state index in [0.29, 0.717) is 17.8 Å². The second-order valence-corrected chi connectivity index (χ2v) is 5.52. The smallest absolute Gasteiger partial charge is 0.0148 e. The molecule has 0 bridgehead atoms. The zero-order chi connectivity index (χ0) is 13.2. The average molecular weight is 251 g/mol. The summed E-state index contributed by atoms with van der Waals surface area (Å²) in [6.45, 7) is 2.25. The van der Waals surface area contributed by atoms with Gasteiger partial charge in [-0.1, -0.05) is 74.0 Å². The van der Waals surface area contributed by atoms with Gasteiger partial charge in [0.25, 0.3) is 0 Å². The maximum atomic E-state index is 6.44. The highest BCUT2D eigenvalue weighted by atomic mass is 14.8. The Labute approximate surface area is 115 Å². The minimum absolute atomic E-state index is 0.289. The molecule has 1 aliphatic carbocycles. The summed E-state index contributed by atoms with van der Waals surface area (Å²) in [6.07, 6.45) is 1.16. The molecule has 0 aliphatic heterocycles. The molecule has 2 N–H and O–H groups in total. The van der Waals surface area contributed by atoms with Crippen molar-refractivity contribution in [2.45, 2.75) is 31.2 Å². The zero-order valence-corrected chi connectivity index (χ0v) is 11.4. The van der Waals surface area contributed by atoms with Gasteiger partial charge in [-0.2, -0.15) is 0 Å². The van der Waals surface area contributed by atoms with Crippen LogP contribution in [0.3, 0.4) is 0 Å². The Morgan fingerprint density at radius 2 is 1.26 bits per heavy atom. The highest BCUT2D eigenvalue weighted by Gasteiger charge is 2.48. The van der Waals surface area contributed by atoms with Crippen LogP contribution in [0.4, 0.5) is 0 Å². The molecule has 0 aromatic heterocycles. The highest BCUT2D eigenvalue weighted by molar-refractivity contribution is 5.36. The van der Waals surface area contributed by atoms with Crippen LogP contribution < -0.4 is 5.73 Å². The van der Waals surface area contributed by atoms with Crippen molar-refractivity contribution in [3.63, 3.8) is 0 Å². The first-order valence-electron chi connectivity index (χ1n) is 7.18. The maximum Gasteiger partial charge on any atom is 0.0148 e. The van der Waals surface area contributed by atoms with E-state index in [1.54, 1.807) is 0 Å². The van der Waals surface area contributed by atoms with Gasteiger partial charge >= 0.3 is 0 Å². The number of hydrogen-bond acceptors (Lipinski definition) is 1. The molecule has 98 valence electrons. The molecule has 19 heavy (non-hydrogen) atoms. The lowest BCUT2D eigenvalue weighted by molar-refractivity contribution is 0.154. The van der Waals surface area contributed by atoms with Gasteiger partial charge in [0, 0.05) is 12.0 Å². The van der Waals surface area contributed by atoms with E-state index in [1.807, 2.05) is 0 Å². The summed E-state index contributed by atoms with van der Waals surface area (Å²) < 4.78 is 0. The van der Waals surface area contributed by atoms with E-state index in [4.69, 9.17) is 5.73 Å². The molecule has 0 heterocycles. The molecule has 3 rings (SSSR count). The van der Waals surface area contributed by atoms with Crippen LogP contribution in [-0.4, -0.2) is 6.04 Å². The number of benzene rings is 2. The first-order valence-corrected chi connectivity index (χ1v) is 7.18. The molecular weight excluding hydrogens is 230 g/mol. The molecule has 1 saturated carbocycles. The van der Waals surface area contributed by atoms with Crippen molar-refractivity contribution in [3.8, 4) is 0 Å². The second-order valence-electron chi connectivity index (χ2n) is 5.52. The molecule has 2 aromatic rings. The second kappa shape index (κ2) is 5.18. The van der Waals surface area contributed by atoms with Gasteiger partial charge in [0.1, 0.15) is 0 Å². The quantitative estimate of drug-likeness (QED) is 0.879. The number of nitrogens with two attached hydrogens (primary N) is 1. The van der Waals surface area contributed by atoms with E-state index in [-0.39, 0.29) is 6.04 Å². The molecule has 1 aliphatic rings. The Bertz CT molecular complexity index is 520. The Kier molecular flexibility index (Phi) is 3.39. The van der Waals surface area contributed by atoms with Crippen LogP contribution in [0.2, 0.25) is 0 Å². The summed E-state index contributed by atoms with van der Waals surface area (Å²) in [5.41, 5.74) is 9.26. The van der Waals surface area contributed by atoms with Gasteiger partial charge in [0.05, 0.1) is 0 Å². The first kappa shape index (κ1) is 12.4. The van der Waals surface area contributed by atoms with Crippen molar-refractivity contribution in [3.05, 3.63) is 71.8 Å². The van der Waals surface area contributed by atoms with Gasteiger partial charge in [0.2, 0.25) is 0 Å². The van der Waals surface area contributed by atoms with Crippen LogP contribution in [0, 0.1) is 5.92 Å². The van der Waals surface area contributed by atoms with Gasteiger partial charge in [-0.3, -0.25) is 0 Å². The normalized spacial score (nSPS) is 29.8. The molecule has 0 saturated heterocycles. The van der Waals surface area contributed by atoms with E-state index < -0.39 is 0 Å². The van der Waals surface area contributed by atoms with E-state index >= 15 is 0 Å². The molecule has 4 atom stereocenters. The SMILES string of the molecule is CCC1C(N)C(c2ccccc2)C1c1ccccc1. The summed E-state index contributed by atoms with van der Waals surface area (Å²) in [6, 6.07) is 21.9. The molecule has 1 fully saturated rings. The Morgan fingerprint density at radius 1 is 0.789 bits per heavy atom. The molecule has 1 heteroatoms. The van der Waals surface area contributed by atoms with Gasteiger partial charge in [-0.05, 0) is 23.0 Å². The van der Waals surface area contributed by atoms with E-state index in [2.05, 4.69) is 67.6 Å². The predicted molar refractivity (Wildman–Crippen MR) is 80.1 cm³/mol. The van der Waals surface area contributed by atoms with Gasteiger partial charge in [0.15, 0.2) is 0 Å². The van der Waals surface area contributed by atoms with Crippen molar-refractivity contribution in [2.24, 2.45) is 11.7 Å². The molecule has 1 nitrogen and oxygen atoms in total. The zero-order valence-electron chi connectivity index (χ0n) is 11.4. The summed E-state index contributed by atoms with van der Waals surface area (Å²) in [5, 5.41) is 0. The molecule has 4 unspecified atom stereocenters. The van der Waals surface area contributed by atoms with Crippen LogP contribution in [0.15, 0.2) is 60.7 Å². The average Bonchev–Trinajstić information content (AvgIpc) is 2.47. The van der Waals surface area contributed by atoms with Crippen LogP contribution in [0.25, 0.3) is 0 Å². The van der Waals surface area contributed by atoms with Crippen molar-refractivity contribution in [1.82, 2.24) is 0 Å². The lowest BCUT2D eigenvalue weighted by Gasteiger charge is -2.51. The summed E-state index contributed by atoms with van der Waals surface area (Å²) in [5.74, 6) is 1.64. The molecular formula is C18H21N. The topological polar surface area (TPSA) is 26.0 Å². The van der Waals surface area contributed by atoms with Crippen molar-refractivity contribution < 1.29 is 0 Å². The molecule has 0 radical (unpaired) electrons. The van der Waals surface area contributed by atoms with Crippen molar-refractivity contribution in [1.29, 1.82) is 0 Å². The largest absolute Gasteiger partial charge is 0.327 e. The van der Waals surface area contributed by atoms with E-state index in [9.17, 15) is 0 Å². The molecule has 2 aromatic carbocycles. The fourth-order valence-corrected chi connectivity index (χ4v) is 3.63. The summed E-state index contributed by atoms with van der Waals surface area (Å²) in [7, 11) is 0. The van der Waals surface area contributed by atoms with Crippen molar-refractivity contribution >= 4 is 0 Å². The number of hydrogen-bond donors (Lipinski definition) is 1. The van der Waals surface area contributed by atoms with Crippen molar-refractivity contribution in [2.75, 3.05) is 0 Å². The Hall–Kier alpha value is -1.60. The van der Waals surface area contributed by atoms with Gasteiger partial charge < -0.3 is 5.73 Å². The first-order chi connectivity index (χ1) is 9.33. The van der Waals surface area contributed by atoms with Crippen LogP contribution in [0.1, 0.15) is 36.3 Å². The Balaban J connectivity index is 1.95. The van der Waals surface area contributed by atoms with Crippen LogP contribution in [-0.2, 0) is 0 Å².